The monoisotopic (exact) mass is 904 g/mol. The van der Waals surface area contributed by atoms with Crippen molar-refractivity contribution >= 4 is 58.7 Å². The molecular formula is C47H55Cl2FN6O7. The Kier molecular flexibility index (Phi) is 14.4. The first-order valence-corrected chi connectivity index (χ1v) is 22.9. The molecule has 1 unspecified atom stereocenters. The molecule has 4 atom stereocenters. The number of benzene rings is 3. The summed E-state index contributed by atoms with van der Waals surface area (Å²) < 4.78 is 33.1. The molecule has 4 amide bonds. The minimum Gasteiger partial charge on any atom is -0.379 e. The highest BCUT2D eigenvalue weighted by atomic mass is 35.5. The maximum Gasteiger partial charge on any atom is 0.246 e. The molecule has 336 valence electrons. The molecule has 0 aromatic heterocycles. The SMILES string of the molecule is O=C(NCCOCCOCCOCCC(=O)N1CCC(C(=O)N2N=CCC2c2ccccc2)CC1)[C@@H]1NC2(CCCCC2)[C@@]2(C(=O)Nc3cc(Cl)ccc32)[C@H]1c1cccc(Cl)c1F. The van der Waals surface area contributed by atoms with E-state index in [2.05, 4.69) is 21.1 Å². The van der Waals surface area contributed by atoms with Crippen molar-refractivity contribution in [1.29, 1.82) is 0 Å². The molecular weight excluding hydrogens is 850 g/mol. The van der Waals surface area contributed by atoms with E-state index in [-0.39, 0.29) is 79.0 Å². The lowest BCUT2D eigenvalue weighted by Gasteiger charge is -2.47. The summed E-state index contributed by atoms with van der Waals surface area (Å²) in [5.41, 5.74) is 0.414. The van der Waals surface area contributed by atoms with Crippen LogP contribution in [0.4, 0.5) is 10.1 Å². The summed E-state index contributed by atoms with van der Waals surface area (Å²) >= 11 is 12.7. The van der Waals surface area contributed by atoms with Gasteiger partial charge in [0.05, 0.1) is 63.2 Å². The summed E-state index contributed by atoms with van der Waals surface area (Å²) in [5.74, 6) is -2.35. The molecule has 63 heavy (non-hydrogen) atoms. The molecule has 4 aliphatic heterocycles. The number of fused-ring (bicyclic) bond motifs is 3. The third-order valence-electron chi connectivity index (χ3n) is 13.5. The van der Waals surface area contributed by atoms with Crippen molar-refractivity contribution < 1.29 is 37.8 Å². The molecule has 3 aromatic rings. The molecule has 3 N–H and O–H groups in total. The second kappa shape index (κ2) is 20.2. The van der Waals surface area contributed by atoms with Crippen LogP contribution in [-0.4, -0.2) is 111 Å². The quantitative estimate of drug-likeness (QED) is 0.137. The summed E-state index contributed by atoms with van der Waals surface area (Å²) in [6, 6.07) is 18.9. The molecule has 2 spiro atoms. The van der Waals surface area contributed by atoms with Crippen LogP contribution in [0.15, 0.2) is 71.8 Å². The van der Waals surface area contributed by atoms with Crippen molar-refractivity contribution in [3.8, 4) is 0 Å². The van der Waals surface area contributed by atoms with Gasteiger partial charge in [-0.05, 0) is 60.6 Å². The molecule has 5 aliphatic rings. The first-order chi connectivity index (χ1) is 30.6. The van der Waals surface area contributed by atoms with Crippen LogP contribution in [0.25, 0.3) is 0 Å². The second-order valence-electron chi connectivity index (χ2n) is 17.0. The average Bonchev–Trinajstić information content (AvgIpc) is 3.98. The van der Waals surface area contributed by atoms with Gasteiger partial charge in [0.1, 0.15) is 11.2 Å². The first-order valence-electron chi connectivity index (χ1n) is 22.2. The van der Waals surface area contributed by atoms with Gasteiger partial charge in [0.15, 0.2) is 0 Å². The number of amides is 4. The molecule has 16 heteroatoms. The van der Waals surface area contributed by atoms with Crippen LogP contribution in [0.3, 0.4) is 0 Å². The number of carbonyl (C=O) groups excluding carboxylic acids is 4. The number of anilines is 1. The zero-order valence-electron chi connectivity index (χ0n) is 35.3. The van der Waals surface area contributed by atoms with Crippen LogP contribution >= 0.6 is 23.2 Å². The van der Waals surface area contributed by atoms with Crippen molar-refractivity contribution in [2.75, 3.05) is 64.6 Å². The van der Waals surface area contributed by atoms with Gasteiger partial charge < -0.3 is 29.7 Å². The van der Waals surface area contributed by atoms with Crippen LogP contribution in [0, 0.1) is 11.7 Å². The Morgan fingerprint density at radius 2 is 1.59 bits per heavy atom. The summed E-state index contributed by atoms with van der Waals surface area (Å²) in [4.78, 5) is 56.7. The van der Waals surface area contributed by atoms with E-state index in [0.717, 1.165) is 24.8 Å². The minimum atomic E-state index is -1.30. The predicted molar refractivity (Wildman–Crippen MR) is 237 cm³/mol. The van der Waals surface area contributed by atoms with E-state index in [1.807, 2.05) is 36.4 Å². The normalized spacial score (nSPS) is 24.0. The van der Waals surface area contributed by atoms with Gasteiger partial charge in [-0.15, -0.1) is 0 Å². The molecule has 0 bridgehead atoms. The summed E-state index contributed by atoms with van der Waals surface area (Å²) in [7, 11) is 0. The van der Waals surface area contributed by atoms with Crippen LogP contribution < -0.4 is 16.0 Å². The van der Waals surface area contributed by atoms with E-state index in [1.54, 1.807) is 40.4 Å². The maximum atomic E-state index is 16.1. The van der Waals surface area contributed by atoms with Gasteiger partial charge in [0.25, 0.3) is 0 Å². The Labute approximate surface area is 377 Å². The Morgan fingerprint density at radius 3 is 2.33 bits per heavy atom. The van der Waals surface area contributed by atoms with Gasteiger partial charge in [0, 0.05) is 60.4 Å². The molecule has 3 fully saturated rings. The highest BCUT2D eigenvalue weighted by Crippen LogP contribution is 2.62. The van der Waals surface area contributed by atoms with E-state index in [9.17, 15) is 19.2 Å². The lowest BCUT2D eigenvalue weighted by atomic mass is 9.55. The zero-order chi connectivity index (χ0) is 44.0. The number of ether oxygens (including phenoxy) is 3. The Morgan fingerprint density at radius 1 is 0.873 bits per heavy atom. The largest absolute Gasteiger partial charge is 0.379 e. The van der Waals surface area contributed by atoms with E-state index in [4.69, 9.17) is 37.4 Å². The van der Waals surface area contributed by atoms with Gasteiger partial charge >= 0.3 is 0 Å². The number of hydrazone groups is 1. The van der Waals surface area contributed by atoms with Crippen LogP contribution in [0.5, 0.6) is 0 Å². The average molecular weight is 906 g/mol. The number of carbonyl (C=O) groups is 4. The predicted octanol–water partition coefficient (Wildman–Crippen LogP) is 6.54. The Balaban J connectivity index is 0.746. The van der Waals surface area contributed by atoms with Crippen LogP contribution in [0.1, 0.15) is 86.4 Å². The molecule has 8 rings (SSSR count). The fourth-order valence-corrected chi connectivity index (χ4v) is 10.9. The van der Waals surface area contributed by atoms with Crippen molar-refractivity contribution in [3.63, 3.8) is 0 Å². The maximum absolute atomic E-state index is 16.1. The number of hydrogen-bond acceptors (Lipinski definition) is 9. The highest BCUT2D eigenvalue weighted by molar-refractivity contribution is 6.31. The van der Waals surface area contributed by atoms with Gasteiger partial charge in [0.2, 0.25) is 23.6 Å². The number of rotatable bonds is 16. The zero-order valence-corrected chi connectivity index (χ0v) is 36.8. The number of nitrogens with zero attached hydrogens (tertiary/aromatic N) is 3. The molecule has 4 heterocycles. The van der Waals surface area contributed by atoms with Crippen LogP contribution in [0.2, 0.25) is 10.0 Å². The fraction of sp³-hybridized carbons (Fsp3) is 0.511. The topological polar surface area (TPSA) is 151 Å². The minimum absolute atomic E-state index is 0.00671. The van der Waals surface area contributed by atoms with Crippen molar-refractivity contribution in [2.24, 2.45) is 11.0 Å². The number of likely N-dealkylation sites (tertiary alicyclic amines) is 1. The number of hydrogen-bond donors (Lipinski definition) is 3. The lowest BCUT2D eigenvalue weighted by Crippen LogP contribution is -2.60. The van der Waals surface area contributed by atoms with Crippen molar-refractivity contribution in [2.45, 2.75) is 86.7 Å². The standard InChI is InChI=1S/C47H55Cl2FN6O7/c48-33-12-13-35-37(30-33)53-45(60)47(35)40(34-10-7-11-36(49)41(34)50)42(54-46(47)18-5-2-6-19-46)43(58)51-21-25-62-27-29-63-28-26-61-24-17-39(57)55-22-15-32(16-23-55)44(59)56-38(14-20-52-56)31-8-3-1-4-9-31/h1,3-4,7-13,20,30,32,38,40,42,54H,2,5-6,14-19,21-29H2,(H,51,58)(H,53,60)/t38?,40-,42+,47+/m0/s1. The summed E-state index contributed by atoms with van der Waals surface area (Å²) in [5, 5.41) is 16.0. The molecule has 0 radical (unpaired) electrons. The van der Waals surface area contributed by atoms with Gasteiger partial charge in [-0.3, -0.25) is 24.5 Å². The molecule has 1 saturated carbocycles. The highest BCUT2D eigenvalue weighted by Gasteiger charge is 2.72. The smallest absolute Gasteiger partial charge is 0.246 e. The second-order valence-corrected chi connectivity index (χ2v) is 17.9. The third-order valence-corrected chi connectivity index (χ3v) is 14.0. The third kappa shape index (κ3) is 9.12. The Bertz CT molecular complexity index is 2170. The van der Waals surface area contributed by atoms with E-state index < -0.39 is 28.7 Å². The lowest BCUT2D eigenvalue weighted by molar-refractivity contribution is -0.142. The fourth-order valence-electron chi connectivity index (χ4n) is 10.6. The molecule has 2 saturated heterocycles. The Hall–Kier alpha value is -4.44. The number of piperidine rings is 1. The van der Waals surface area contributed by atoms with Crippen LogP contribution in [-0.2, 0) is 38.8 Å². The van der Waals surface area contributed by atoms with E-state index in [1.165, 1.54) is 6.07 Å². The summed E-state index contributed by atoms with van der Waals surface area (Å²) in [6.45, 7) is 2.96. The van der Waals surface area contributed by atoms with E-state index in [0.29, 0.717) is 81.3 Å². The van der Waals surface area contributed by atoms with Gasteiger partial charge in [-0.1, -0.05) is 91.0 Å². The number of nitrogens with one attached hydrogen (secondary N) is 3. The van der Waals surface area contributed by atoms with E-state index >= 15 is 4.39 Å². The molecule has 1 aliphatic carbocycles. The van der Waals surface area contributed by atoms with Gasteiger partial charge in [-0.2, -0.15) is 5.10 Å². The molecule has 3 aromatic carbocycles. The van der Waals surface area contributed by atoms with Crippen molar-refractivity contribution in [3.05, 3.63) is 99.3 Å². The van der Waals surface area contributed by atoms with Gasteiger partial charge in [-0.25, -0.2) is 9.40 Å². The number of halogens is 3. The first kappa shape index (κ1) is 45.1. The summed E-state index contributed by atoms with van der Waals surface area (Å²) in [6.07, 6.45) is 7.93. The van der Waals surface area contributed by atoms with Crippen molar-refractivity contribution in [1.82, 2.24) is 20.5 Å². The molecule has 13 nitrogen and oxygen atoms in total.